The molecule has 0 aromatic heterocycles. The third kappa shape index (κ3) is 5.00. The van der Waals surface area contributed by atoms with Crippen LogP contribution in [0.3, 0.4) is 0 Å². The molecule has 2 atom stereocenters. The fourth-order valence-electron chi connectivity index (χ4n) is 5.10. The molecular formula is C27H34N2O2. The van der Waals surface area contributed by atoms with Crippen molar-refractivity contribution < 1.29 is 9.59 Å². The maximum Gasteiger partial charge on any atom is 0.255 e. The fourth-order valence-corrected chi connectivity index (χ4v) is 5.10. The average molecular weight is 419 g/mol. The summed E-state index contributed by atoms with van der Waals surface area (Å²) in [6.07, 6.45) is 9.94. The van der Waals surface area contributed by atoms with Crippen molar-refractivity contribution >= 4 is 11.8 Å². The largest absolute Gasteiger partial charge is 0.351 e. The van der Waals surface area contributed by atoms with Crippen molar-refractivity contribution in [3.8, 4) is 0 Å². The lowest BCUT2D eigenvalue weighted by Crippen LogP contribution is -2.46. The molecular weight excluding hydrogens is 384 g/mol. The Morgan fingerprint density at radius 1 is 0.968 bits per heavy atom. The molecule has 0 radical (unpaired) electrons. The Balaban J connectivity index is 1.51. The van der Waals surface area contributed by atoms with Gasteiger partial charge in [-0.25, -0.2) is 0 Å². The van der Waals surface area contributed by atoms with Gasteiger partial charge in [0.15, 0.2) is 0 Å². The van der Waals surface area contributed by atoms with Gasteiger partial charge in [0.1, 0.15) is 6.04 Å². The maximum atomic E-state index is 13.5. The summed E-state index contributed by atoms with van der Waals surface area (Å²) in [7, 11) is 0. The number of amides is 2. The van der Waals surface area contributed by atoms with Crippen LogP contribution in [0.15, 0.2) is 54.6 Å². The van der Waals surface area contributed by atoms with Crippen molar-refractivity contribution in [3.05, 3.63) is 71.3 Å². The molecule has 4 nitrogen and oxygen atoms in total. The molecule has 0 bridgehead atoms. The van der Waals surface area contributed by atoms with Gasteiger partial charge in [-0.05, 0) is 49.8 Å². The van der Waals surface area contributed by atoms with Crippen molar-refractivity contribution in [3.63, 3.8) is 0 Å². The summed E-state index contributed by atoms with van der Waals surface area (Å²) in [5, 5.41) is 3.32. The second-order valence-electron chi connectivity index (χ2n) is 9.13. The van der Waals surface area contributed by atoms with Gasteiger partial charge in [0.05, 0.1) is 0 Å². The molecule has 1 aliphatic heterocycles. The molecule has 4 heteroatoms. The molecule has 1 fully saturated rings. The Labute approximate surface area is 186 Å². The van der Waals surface area contributed by atoms with Crippen molar-refractivity contribution in [2.75, 3.05) is 0 Å². The van der Waals surface area contributed by atoms with E-state index < -0.39 is 6.04 Å². The van der Waals surface area contributed by atoms with Crippen molar-refractivity contribution in [1.29, 1.82) is 0 Å². The Hall–Kier alpha value is -2.62. The maximum absolute atomic E-state index is 13.5. The van der Waals surface area contributed by atoms with Gasteiger partial charge < -0.3 is 10.2 Å². The highest BCUT2D eigenvalue weighted by Crippen LogP contribution is 2.36. The first kappa shape index (κ1) is 21.6. The summed E-state index contributed by atoms with van der Waals surface area (Å²) >= 11 is 0. The second-order valence-corrected chi connectivity index (χ2v) is 9.13. The number of aryl methyl sites for hydroxylation is 1. The number of hydrogen-bond donors (Lipinski definition) is 1. The van der Waals surface area contributed by atoms with Gasteiger partial charge >= 0.3 is 0 Å². The third-order valence-electron chi connectivity index (χ3n) is 6.87. The molecule has 1 saturated carbocycles. The number of benzene rings is 2. The van der Waals surface area contributed by atoms with E-state index in [1.807, 2.05) is 47.4 Å². The van der Waals surface area contributed by atoms with Crippen LogP contribution in [0.2, 0.25) is 0 Å². The predicted molar refractivity (Wildman–Crippen MR) is 124 cm³/mol. The number of nitrogens with one attached hydrogen (secondary N) is 1. The highest BCUT2D eigenvalue weighted by atomic mass is 16.2. The van der Waals surface area contributed by atoms with Crippen LogP contribution in [0, 0.1) is 0 Å². The summed E-state index contributed by atoms with van der Waals surface area (Å²) in [5.41, 5.74) is 2.78. The molecule has 31 heavy (non-hydrogen) atoms. The number of fused-ring (bicyclic) bond motifs is 1. The average Bonchev–Trinajstić information content (AvgIpc) is 3.07. The zero-order chi connectivity index (χ0) is 21.6. The van der Waals surface area contributed by atoms with Gasteiger partial charge in [-0.15, -0.1) is 0 Å². The predicted octanol–water partition coefficient (Wildman–Crippen LogP) is 5.43. The number of rotatable bonds is 6. The summed E-state index contributed by atoms with van der Waals surface area (Å²) in [5.74, 6) is -0.0376. The molecule has 0 unspecified atom stereocenters. The molecule has 2 aliphatic rings. The molecule has 1 heterocycles. The molecule has 2 amide bonds. The van der Waals surface area contributed by atoms with E-state index in [2.05, 4.69) is 24.4 Å². The van der Waals surface area contributed by atoms with Crippen LogP contribution in [0.5, 0.6) is 0 Å². The Bertz CT molecular complexity index is 887. The van der Waals surface area contributed by atoms with E-state index in [1.165, 1.54) is 37.7 Å². The minimum absolute atomic E-state index is 0.0181. The Morgan fingerprint density at radius 3 is 2.35 bits per heavy atom. The molecule has 0 spiro atoms. The van der Waals surface area contributed by atoms with E-state index in [1.54, 1.807) is 0 Å². The van der Waals surface area contributed by atoms with Crippen LogP contribution < -0.4 is 5.32 Å². The van der Waals surface area contributed by atoms with Gasteiger partial charge in [-0.2, -0.15) is 0 Å². The van der Waals surface area contributed by atoms with E-state index in [0.717, 1.165) is 31.2 Å². The molecule has 4 rings (SSSR count). The summed E-state index contributed by atoms with van der Waals surface area (Å²) in [6, 6.07) is 17.6. The first-order valence-electron chi connectivity index (χ1n) is 11.9. The van der Waals surface area contributed by atoms with Gasteiger partial charge in [0.25, 0.3) is 5.91 Å². The van der Waals surface area contributed by atoms with Crippen molar-refractivity contribution in [2.24, 2.45) is 0 Å². The van der Waals surface area contributed by atoms with E-state index in [-0.39, 0.29) is 23.9 Å². The van der Waals surface area contributed by atoms with Gasteiger partial charge in [-0.3, -0.25) is 9.59 Å². The lowest BCUT2D eigenvalue weighted by molar-refractivity contribution is -0.127. The number of nitrogens with zero attached hydrogens (tertiary/aromatic N) is 1. The van der Waals surface area contributed by atoms with Crippen LogP contribution >= 0.6 is 0 Å². The first-order valence-corrected chi connectivity index (χ1v) is 11.9. The molecule has 2 aromatic rings. The molecule has 164 valence electrons. The summed E-state index contributed by atoms with van der Waals surface area (Å²) in [4.78, 5) is 28.6. The van der Waals surface area contributed by atoms with Gasteiger partial charge in [0.2, 0.25) is 5.91 Å². The SMILES string of the molecule is C[C@H](CCc1ccccc1)N1C(=O)c2ccccc2[C@H]1C(=O)NC1CCCCCCC1. The molecule has 2 aromatic carbocycles. The first-order chi connectivity index (χ1) is 15.1. The second kappa shape index (κ2) is 10.1. The van der Waals surface area contributed by atoms with Crippen LogP contribution in [-0.2, 0) is 11.2 Å². The number of carbonyl (C=O) groups excluding carboxylic acids is 2. The molecule has 1 N–H and O–H groups in total. The smallest absolute Gasteiger partial charge is 0.255 e. The zero-order valence-electron chi connectivity index (χ0n) is 18.6. The normalized spacial score (nSPS) is 20.6. The van der Waals surface area contributed by atoms with Crippen LogP contribution in [0.25, 0.3) is 0 Å². The van der Waals surface area contributed by atoms with E-state index in [4.69, 9.17) is 0 Å². The molecule has 0 saturated heterocycles. The Morgan fingerprint density at radius 2 is 1.61 bits per heavy atom. The quantitative estimate of drug-likeness (QED) is 0.680. The van der Waals surface area contributed by atoms with Crippen molar-refractivity contribution in [1.82, 2.24) is 10.2 Å². The summed E-state index contributed by atoms with van der Waals surface area (Å²) < 4.78 is 0. The summed E-state index contributed by atoms with van der Waals surface area (Å²) in [6.45, 7) is 2.07. The number of hydrogen-bond acceptors (Lipinski definition) is 2. The monoisotopic (exact) mass is 418 g/mol. The lowest BCUT2D eigenvalue weighted by atomic mass is 9.96. The Kier molecular flexibility index (Phi) is 7.06. The van der Waals surface area contributed by atoms with Gasteiger partial charge in [0, 0.05) is 17.6 Å². The van der Waals surface area contributed by atoms with Gasteiger partial charge in [-0.1, -0.05) is 80.6 Å². The minimum Gasteiger partial charge on any atom is -0.351 e. The highest BCUT2D eigenvalue weighted by Gasteiger charge is 2.43. The van der Waals surface area contributed by atoms with E-state index in [0.29, 0.717) is 5.56 Å². The van der Waals surface area contributed by atoms with Crippen molar-refractivity contribution in [2.45, 2.75) is 82.8 Å². The third-order valence-corrected chi connectivity index (χ3v) is 6.87. The van der Waals surface area contributed by atoms with Crippen LogP contribution in [0.1, 0.15) is 85.8 Å². The minimum atomic E-state index is -0.528. The standard InChI is InChI=1S/C27H34N2O2/c1-20(18-19-21-12-6-5-7-13-21)29-25(23-16-10-11-17-24(23)27(29)31)26(30)28-22-14-8-3-2-4-9-15-22/h5-7,10-13,16-17,20,22,25H,2-4,8-9,14-15,18-19H2,1H3,(H,28,30)/t20-,25+/m1/s1. The van der Waals surface area contributed by atoms with Crippen LogP contribution in [-0.4, -0.2) is 28.8 Å². The molecule has 1 aliphatic carbocycles. The van der Waals surface area contributed by atoms with E-state index in [9.17, 15) is 9.59 Å². The topological polar surface area (TPSA) is 49.4 Å². The highest BCUT2D eigenvalue weighted by molar-refractivity contribution is 6.04. The lowest BCUT2D eigenvalue weighted by Gasteiger charge is -2.32. The zero-order valence-corrected chi connectivity index (χ0v) is 18.6. The number of carbonyl (C=O) groups is 2. The van der Waals surface area contributed by atoms with Crippen LogP contribution in [0.4, 0.5) is 0 Å². The fraction of sp³-hybridized carbons (Fsp3) is 0.481. The van der Waals surface area contributed by atoms with E-state index >= 15 is 0 Å².